The second kappa shape index (κ2) is 6.12. The number of aliphatic hydroxyl groups is 1. The molecule has 1 aromatic carbocycles. The first kappa shape index (κ1) is 12.5. The Morgan fingerprint density at radius 1 is 1.44 bits per heavy atom. The molecule has 4 heteroatoms. The van der Waals surface area contributed by atoms with Crippen molar-refractivity contribution < 1.29 is 14.6 Å². The zero-order valence-electron chi connectivity index (χ0n) is 9.62. The number of benzene rings is 1. The number of carbonyl (C=O) groups is 1. The van der Waals surface area contributed by atoms with Crippen molar-refractivity contribution in [3.63, 3.8) is 0 Å². The third kappa shape index (κ3) is 3.90. The highest BCUT2D eigenvalue weighted by Crippen LogP contribution is 2.18. The van der Waals surface area contributed by atoms with E-state index >= 15 is 0 Å². The number of ether oxygens (including phenoxy) is 1. The second-order valence-electron chi connectivity index (χ2n) is 3.63. The topological polar surface area (TPSA) is 58.6 Å². The van der Waals surface area contributed by atoms with Gasteiger partial charge >= 0.3 is 0 Å². The number of hydrogen-bond acceptors (Lipinski definition) is 3. The normalized spacial score (nSPS) is 9.94. The van der Waals surface area contributed by atoms with E-state index in [1.807, 2.05) is 32.0 Å². The predicted octanol–water partition coefficient (Wildman–Crippen LogP) is 0.791. The summed E-state index contributed by atoms with van der Waals surface area (Å²) in [5.74, 6) is 0.438. The molecular formula is C12H17NO3. The van der Waals surface area contributed by atoms with Crippen LogP contribution in [0.4, 0.5) is 0 Å². The van der Waals surface area contributed by atoms with Crippen molar-refractivity contribution in [1.29, 1.82) is 0 Å². The molecule has 0 aliphatic heterocycles. The molecule has 1 aromatic rings. The van der Waals surface area contributed by atoms with Crippen LogP contribution in [-0.2, 0) is 4.79 Å². The minimum atomic E-state index is -0.483. The summed E-state index contributed by atoms with van der Waals surface area (Å²) in [7, 11) is 0. The van der Waals surface area contributed by atoms with Gasteiger partial charge in [-0.3, -0.25) is 4.79 Å². The second-order valence-corrected chi connectivity index (χ2v) is 3.63. The summed E-state index contributed by atoms with van der Waals surface area (Å²) in [5.41, 5.74) is 2.27. The van der Waals surface area contributed by atoms with E-state index in [1.165, 1.54) is 5.56 Å². The van der Waals surface area contributed by atoms with Gasteiger partial charge in [-0.15, -0.1) is 0 Å². The van der Waals surface area contributed by atoms with Gasteiger partial charge in [0.15, 0.2) is 0 Å². The maximum atomic E-state index is 10.7. The Balaban J connectivity index is 2.35. The third-order valence-electron chi connectivity index (χ3n) is 2.16. The van der Waals surface area contributed by atoms with E-state index in [0.717, 1.165) is 11.3 Å². The molecule has 16 heavy (non-hydrogen) atoms. The van der Waals surface area contributed by atoms with Gasteiger partial charge in [0, 0.05) is 0 Å². The van der Waals surface area contributed by atoms with Crippen molar-refractivity contribution in [3.05, 3.63) is 29.3 Å². The summed E-state index contributed by atoms with van der Waals surface area (Å²) in [6.07, 6.45) is 0. The highest BCUT2D eigenvalue weighted by Gasteiger charge is 2.00. The Morgan fingerprint density at radius 2 is 2.19 bits per heavy atom. The van der Waals surface area contributed by atoms with E-state index in [2.05, 4.69) is 5.32 Å². The van der Waals surface area contributed by atoms with Crippen LogP contribution < -0.4 is 10.1 Å². The molecule has 0 aliphatic rings. The van der Waals surface area contributed by atoms with Gasteiger partial charge < -0.3 is 15.2 Å². The van der Waals surface area contributed by atoms with Crippen LogP contribution >= 0.6 is 0 Å². The summed E-state index contributed by atoms with van der Waals surface area (Å²) < 4.78 is 5.49. The number of carbonyl (C=O) groups excluding carboxylic acids is 1. The summed E-state index contributed by atoms with van der Waals surface area (Å²) >= 11 is 0. The van der Waals surface area contributed by atoms with E-state index in [0.29, 0.717) is 13.2 Å². The monoisotopic (exact) mass is 223 g/mol. The Bertz CT molecular complexity index is 363. The minimum absolute atomic E-state index is 0.385. The van der Waals surface area contributed by atoms with Gasteiger partial charge in [-0.1, -0.05) is 17.7 Å². The van der Waals surface area contributed by atoms with E-state index in [9.17, 15) is 4.79 Å². The van der Waals surface area contributed by atoms with Crippen LogP contribution in [0.3, 0.4) is 0 Å². The van der Waals surface area contributed by atoms with Gasteiger partial charge in [0.2, 0.25) is 5.91 Å². The summed E-state index contributed by atoms with van der Waals surface area (Å²) in [5, 5.41) is 11.0. The molecule has 0 aliphatic carbocycles. The molecule has 1 amide bonds. The minimum Gasteiger partial charge on any atom is -0.491 e. The van der Waals surface area contributed by atoms with Gasteiger partial charge in [-0.25, -0.2) is 0 Å². The largest absolute Gasteiger partial charge is 0.491 e. The first-order valence-corrected chi connectivity index (χ1v) is 5.21. The Kier molecular flexibility index (Phi) is 4.79. The molecule has 0 radical (unpaired) electrons. The molecule has 0 fully saturated rings. The van der Waals surface area contributed by atoms with Crippen LogP contribution in [0, 0.1) is 13.8 Å². The molecule has 0 atom stereocenters. The Morgan fingerprint density at radius 3 is 2.81 bits per heavy atom. The maximum absolute atomic E-state index is 10.7. The van der Waals surface area contributed by atoms with Crippen LogP contribution in [0.2, 0.25) is 0 Å². The third-order valence-corrected chi connectivity index (χ3v) is 2.16. The molecular weight excluding hydrogens is 206 g/mol. The van der Waals surface area contributed by atoms with Gasteiger partial charge in [-0.05, 0) is 25.5 Å². The standard InChI is InChI=1S/C12H17NO3/c1-9-3-4-11(10(2)7-9)16-6-5-13-12(15)8-14/h3-4,7,14H,5-6,8H2,1-2H3,(H,13,15). The van der Waals surface area contributed by atoms with E-state index in [1.54, 1.807) is 0 Å². The van der Waals surface area contributed by atoms with E-state index in [4.69, 9.17) is 9.84 Å². The van der Waals surface area contributed by atoms with E-state index in [-0.39, 0.29) is 5.91 Å². The average molecular weight is 223 g/mol. The van der Waals surface area contributed by atoms with Crippen LogP contribution in [0.25, 0.3) is 0 Å². The zero-order valence-corrected chi connectivity index (χ0v) is 9.62. The number of rotatable bonds is 5. The molecule has 0 saturated heterocycles. The molecule has 1 rings (SSSR count). The average Bonchev–Trinajstić information content (AvgIpc) is 2.26. The number of aryl methyl sites for hydroxylation is 2. The molecule has 4 nitrogen and oxygen atoms in total. The molecule has 2 N–H and O–H groups in total. The van der Waals surface area contributed by atoms with Crippen molar-refractivity contribution >= 4 is 5.91 Å². The summed E-state index contributed by atoms with van der Waals surface area (Å²) in [6, 6.07) is 5.94. The predicted molar refractivity (Wildman–Crippen MR) is 61.5 cm³/mol. The van der Waals surface area contributed by atoms with Gasteiger partial charge in [0.05, 0.1) is 6.54 Å². The summed E-state index contributed by atoms with van der Waals surface area (Å²) in [6.45, 7) is 4.32. The fourth-order valence-electron chi connectivity index (χ4n) is 1.37. The van der Waals surface area contributed by atoms with Crippen molar-refractivity contribution in [1.82, 2.24) is 5.32 Å². The Hall–Kier alpha value is -1.55. The van der Waals surface area contributed by atoms with Crippen LogP contribution in [-0.4, -0.2) is 30.8 Å². The highest BCUT2D eigenvalue weighted by molar-refractivity contribution is 5.76. The molecule has 0 bridgehead atoms. The lowest BCUT2D eigenvalue weighted by molar-refractivity contribution is -0.123. The van der Waals surface area contributed by atoms with Crippen molar-refractivity contribution in [2.45, 2.75) is 13.8 Å². The fourth-order valence-corrected chi connectivity index (χ4v) is 1.37. The lowest BCUT2D eigenvalue weighted by Gasteiger charge is -2.09. The summed E-state index contributed by atoms with van der Waals surface area (Å²) in [4.78, 5) is 10.7. The molecule has 0 aromatic heterocycles. The zero-order chi connectivity index (χ0) is 12.0. The van der Waals surface area contributed by atoms with Crippen molar-refractivity contribution in [2.24, 2.45) is 0 Å². The Labute approximate surface area is 95.2 Å². The lowest BCUT2D eigenvalue weighted by atomic mass is 10.1. The number of nitrogens with one attached hydrogen (secondary N) is 1. The first-order chi connectivity index (χ1) is 7.63. The van der Waals surface area contributed by atoms with Crippen LogP contribution in [0.15, 0.2) is 18.2 Å². The molecule has 0 unspecified atom stereocenters. The quantitative estimate of drug-likeness (QED) is 0.726. The molecule has 0 heterocycles. The smallest absolute Gasteiger partial charge is 0.245 e. The first-order valence-electron chi connectivity index (χ1n) is 5.21. The van der Waals surface area contributed by atoms with Gasteiger partial charge in [-0.2, -0.15) is 0 Å². The van der Waals surface area contributed by atoms with Gasteiger partial charge in [0.25, 0.3) is 0 Å². The van der Waals surface area contributed by atoms with Crippen LogP contribution in [0.1, 0.15) is 11.1 Å². The highest BCUT2D eigenvalue weighted by atomic mass is 16.5. The van der Waals surface area contributed by atoms with Crippen molar-refractivity contribution in [3.8, 4) is 5.75 Å². The van der Waals surface area contributed by atoms with Crippen molar-refractivity contribution in [2.75, 3.05) is 19.8 Å². The molecule has 88 valence electrons. The van der Waals surface area contributed by atoms with Crippen LogP contribution in [0.5, 0.6) is 5.75 Å². The fraction of sp³-hybridized carbons (Fsp3) is 0.417. The number of hydrogen-bond donors (Lipinski definition) is 2. The number of aliphatic hydroxyl groups excluding tert-OH is 1. The van der Waals surface area contributed by atoms with E-state index < -0.39 is 6.61 Å². The SMILES string of the molecule is Cc1ccc(OCCNC(=O)CO)c(C)c1. The number of amides is 1. The molecule has 0 saturated carbocycles. The molecule has 0 spiro atoms. The maximum Gasteiger partial charge on any atom is 0.245 e. The lowest BCUT2D eigenvalue weighted by Crippen LogP contribution is -2.30. The van der Waals surface area contributed by atoms with Gasteiger partial charge in [0.1, 0.15) is 19.0 Å².